The quantitative estimate of drug-likeness (QED) is 0.622. The summed E-state index contributed by atoms with van der Waals surface area (Å²) < 4.78 is 44.5. The minimum absolute atomic E-state index is 0.282. The first-order valence-corrected chi connectivity index (χ1v) is 4.81. The fraction of sp³-hybridized carbons (Fsp3) is 0.400. The molecule has 96 valence electrons. The van der Waals surface area contributed by atoms with Crippen LogP contribution in [-0.4, -0.2) is 19.6 Å². The highest BCUT2D eigenvalue weighted by molar-refractivity contribution is 5.31. The van der Waals surface area contributed by atoms with Crippen molar-refractivity contribution in [2.45, 2.75) is 12.8 Å². The average Bonchev–Trinajstić information content (AvgIpc) is 2.25. The summed E-state index contributed by atoms with van der Waals surface area (Å²) in [5.74, 6) is 4.98. The Morgan fingerprint density at radius 1 is 1.00 bits per heavy atom. The molecule has 0 aliphatic carbocycles. The molecule has 0 unspecified atom stereocenters. The van der Waals surface area contributed by atoms with E-state index in [-0.39, 0.29) is 5.75 Å². The molecule has 1 rings (SSSR count). The molecule has 2 N–H and O–H groups in total. The van der Waals surface area contributed by atoms with E-state index in [1.165, 1.54) is 24.3 Å². The molecule has 0 spiro atoms. The molecule has 0 amide bonds. The van der Waals surface area contributed by atoms with Crippen molar-refractivity contribution in [2.24, 2.45) is 5.90 Å². The van der Waals surface area contributed by atoms with Crippen LogP contribution in [0.3, 0.4) is 0 Å². The summed E-state index contributed by atoms with van der Waals surface area (Å²) in [6, 6.07) is 5.15. The second kappa shape index (κ2) is 6.31. The van der Waals surface area contributed by atoms with Gasteiger partial charge in [0, 0.05) is 6.42 Å². The number of hydrogen-bond acceptors (Lipinski definition) is 4. The van der Waals surface area contributed by atoms with Crippen molar-refractivity contribution in [3.05, 3.63) is 24.3 Å². The van der Waals surface area contributed by atoms with Crippen LogP contribution in [0.25, 0.3) is 0 Å². The molecular weight excluding hydrogens is 239 g/mol. The highest BCUT2D eigenvalue weighted by Crippen LogP contribution is 2.24. The van der Waals surface area contributed by atoms with E-state index >= 15 is 0 Å². The van der Waals surface area contributed by atoms with E-state index in [9.17, 15) is 13.2 Å². The molecule has 0 saturated heterocycles. The lowest BCUT2D eigenvalue weighted by molar-refractivity contribution is -0.274. The van der Waals surface area contributed by atoms with Crippen molar-refractivity contribution in [2.75, 3.05) is 13.2 Å². The number of benzene rings is 1. The van der Waals surface area contributed by atoms with Gasteiger partial charge in [0.1, 0.15) is 11.5 Å². The van der Waals surface area contributed by atoms with Crippen LogP contribution in [0.5, 0.6) is 11.5 Å². The second-order valence-electron chi connectivity index (χ2n) is 3.09. The van der Waals surface area contributed by atoms with Gasteiger partial charge in [0.15, 0.2) is 0 Å². The Morgan fingerprint density at radius 2 is 1.59 bits per heavy atom. The maximum absolute atomic E-state index is 11.9. The molecule has 7 heteroatoms. The predicted molar refractivity (Wildman–Crippen MR) is 53.4 cm³/mol. The summed E-state index contributed by atoms with van der Waals surface area (Å²) in [4.78, 5) is 4.33. The van der Waals surface area contributed by atoms with Crippen molar-refractivity contribution in [3.63, 3.8) is 0 Å². The van der Waals surface area contributed by atoms with E-state index < -0.39 is 6.36 Å². The lowest BCUT2D eigenvalue weighted by Gasteiger charge is -2.09. The van der Waals surface area contributed by atoms with Crippen LogP contribution in [0, 0.1) is 0 Å². The standard InChI is InChI=1S/C10H12F3NO3/c11-10(12,13)17-9-4-2-8(3-5-9)15-6-1-7-16-14/h2-5H,1,6-7,14H2. The molecular formula is C10H12F3NO3. The summed E-state index contributed by atoms with van der Waals surface area (Å²) in [6.45, 7) is 0.728. The Kier molecular flexibility index (Phi) is 5.05. The van der Waals surface area contributed by atoms with Gasteiger partial charge < -0.3 is 14.3 Å². The Labute approximate surface area is 96.0 Å². The highest BCUT2D eigenvalue weighted by atomic mass is 19.4. The van der Waals surface area contributed by atoms with Crippen molar-refractivity contribution < 1.29 is 27.5 Å². The maximum atomic E-state index is 11.9. The molecule has 17 heavy (non-hydrogen) atoms. The van der Waals surface area contributed by atoms with Crippen LogP contribution in [0.15, 0.2) is 24.3 Å². The fourth-order valence-corrected chi connectivity index (χ4v) is 1.07. The zero-order chi connectivity index (χ0) is 12.7. The molecule has 0 fully saturated rings. The van der Waals surface area contributed by atoms with Gasteiger partial charge in [0.2, 0.25) is 0 Å². The lowest BCUT2D eigenvalue weighted by atomic mass is 10.3. The summed E-state index contributed by atoms with van der Waals surface area (Å²) in [7, 11) is 0. The SMILES string of the molecule is NOCCCOc1ccc(OC(F)(F)F)cc1. The number of nitrogens with two attached hydrogens (primary N) is 1. The van der Waals surface area contributed by atoms with Crippen LogP contribution < -0.4 is 15.4 Å². The topological polar surface area (TPSA) is 53.7 Å². The minimum Gasteiger partial charge on any atom is -0.494 e. The first-order valence-electron chi connectivity index (χ1n) is 4.81. The first kappa shape index (κ1) is 13.6. The van der Waals surface area contributed by atoms with Gasteiger partial charge in [0.05, 0.1) is 13.2 Å². The third-order valence-electron chi connectivity index (χ3n) is 1.73. The second-order valence-corrected chi connectivity index (χ2v) is 3.09. The van der Waals surface area contributed by atoms with Crippen LogP contribution in [0.2, 0.25) is 0 Å². The van der Waals surface area contributed by atoms with Gasteiger partial charge in [-0.1, -0.05) is 0 Å². The Morgan fingerprint density at radius 3 is 2.12 bits per heavy atom. The maximum Gasteiger partial charge on any atom is 0.573 e. The Hall–Kier alpha value is -1.47. The van der Waals surface area contributed by atoms with Crippen LogP contribution in [-0.2, 0) is 4.84 Å². The molecule has 0 aliphatic heterocycles. The lowest BCUT2D eigenvalue weighted by Crippen LogP contribution is -2.17. The number of rotatable bonds is 6. The van der Waals surface area contributed by atoms with Gasteiger partial charge in [-0.05, 0) is 24.3 Å². The van der Waals surface area contributed by atoms with Gasteiger partial charge >= 0.3 is 6.36 Å². The fourth-order valence-electron chi connectivity index (χ4n) is 1.07. The van der Waals surface area contributed by atoms with E-state index in [0.29, 0.717) is 25.4 Å². The van der Waals surface area contributed by atoms with E-state index in [4.69, 9.17) is 10.6 Å². The van der Waals surface area contributed by atoms with Gasteiger partial charge in [-0.15, -0.1) is 13.2 Å². The van der Waals surface area contributed by atoms with Gasteiger partial charge in [-0.2, -0.15) is 0 Å². The van der Waals surface area contributed by atoms with Crippen molar-refractivity contribution in [1.29, 1.82) is 0 Å². The molecule has 0 atom stereocenters. The molecule has 0 radical (unpaired) electrons. The summed E-state index contributed by atoms with van der Waals surface area (Å²) in [5.41, 5.74) is 0. The summed E-state index contributed by atoms with van der Waals surface area (Å²) >= 11 is 0. The average molecular weight is 251 g/mol. The van der Waals surface area contributed by atoms with Crippen LogP contribution in [0.1, 0.15) is 6.42 Å². The molecule has 1 aromatic rings. The van der Waals surface area contributed by atoms with Gasteiger partial charge in [0.25, 0.3) is 0 Å². The summed E-state index contributed by atoms with van der Waals surface area (Å²) in [5, 5.41) is 0. The van der Waals surface area contributed by atoms with E-state index in [0.717, 1.165) is 0 Å². The zero-order valence-electron chi connectivity index (χ0n) is 8.87. The molecule has 1 aromatic carbocycles. The molecule has 0 heterocycles. The summed E-state index contributed by atoms with van der Waals surface area (Å²) in [6.07, 6.45) is -4.09. The van der Waals surface area contributed by atoms with E-state index in [1.54, 1.807) is 0 Å². The van der Waals surface area contributed by atoms with E-state index in [1.807, 2.05) is 0 Å². The smallest absolute Gasteiger partial charge is 0.494 e. The number of ether oxygens (including phenoxy) is 2. The molecule has 0 bridgehead atoms. The Balaban J connectivity index is 2.39. The number of alkyl halides is 3. The zero-order valence-corrected chi connectivity index (χ0v) is 8.87. The molecule has 0 aliphatic rings. The molecule has 4 nitrogen and oxygen atoms in total. The van der Waals surface area contributed by atoms with Gasteiger partial charge in [-0.25, -0.2) is 5.90 Å². The Bertz CT molecular complexity index is 327. The van der Waals surface area contributed by atoms with Crippen LogP contribution >= 0.6 is 0 Å². The monoisotopic (exact) mass is 251 g/mol. The third kappa shape index (κ3) is 5.98. The highest BCUT2D eigenvalue weighted by Gasteiger charge is 2.30. The van der Waals surface area contributed by atoms with Gasteiger partial charge in [-0.3, -0.25) is 0 Å². The largest absolute Gasteiger partial charge is 0.573 e. The van der Waals surface area contributed by atoms with Crippen molar-refractivity contribution in [3.8, 4) is 11.5 Å². The minimum atomic E-state index is -4.68. The third-order valence-corrected chi connectivity index (χ3v) is 1.73. The number of hydrogen-bond donors (Lipinski definition) is 1. The molecule has 0 saturated carbocycles. The predicted octanol–water partition coefficient (Wildman–Crippen LogP) is 2.24. The van der Waals surface area contributed by atoms with Crippen molar-refractivity contribution >= 4 is 0 Å². The van der Waals surface area contributed by atoms with Crippen molar-refractivity contribution in [1.82, 2.24) is 0 Å². The first-order chi connectivity index (χ1) is 8.01. The molecule has 0 aromatic heterocycles. The van der Waals surface area contributed by atoms with Crippen LogP contribution in [0.4, 0.5) is 13.2 Å². The normalized spacial score (nSPS) is 11.3. The number of halogens is 3. The van der Waals surface area contributed by atoms with E-state index in [2.05, 4.69) is 9.57 Å².